The van der Waals surface area contributed by atoms with Crippen molar-refractivity contribution in [2.45, 2.75) is 39.7 Å². The predicted molar refractivity (Wildman–Crippen MR) is 55.5 cm³/mol. The van der Waals surface area contributed by atoms with Crippen LogP contribution in [0.25, 0.3) is 0 Å². The molecule has 74 valence electrons. The first-order chi connectivity index (χ1) is 5.84. The van der Waals surface area contributed by atoms with Crippen LogP contribution >= 0.6 is 0 Å². The fraction of sp³-hybridized carbons (Fsp3) is 1.00. The Hall–Kier alpha value is -0.0800. The third-order valence-corrected chi connectivity index (χ3v) is 2.27. The molecule has 1 N–H and O–H groups in total. The number of rotatable bonds is 2. The highest BCUT2D eigenvalue weighted by atomic mass is 15.2. The van der Waals surface area contributed by atoms with E-state index < -0.39 is 0 Å². The Balaban J connectivity index is 0.000000561. The van der Waals surface area contributed by atoms with Gasteiger partial charge in [-0.15, -0.1) is 0 Å². The summed E-state index contributed by atoms with van der Waals surface area (Å²) >= 11 is 0. The maximum absolute atomic E-state index is 3.41. The number of nitrogens with one attached hydrogen (secondary N) is 1. The van der Waals surface area contributed by atoms with Crippen LogP contribution in [0.5, 0.6) is 0 Å². The number of nitrogens with zero attached hydrogens (tertiary/aromatic N) is 1. The number of piperazine rings is 1. The van der Waals surface area contributed by atoms with Crippen molar-refractivity contribution in [3.05, 3.63) is 0 Å². The minimum absolute atomic E-state index is 0.791. The van der Waals surface area contributed by atoms with Crippen molar-refractivity contribution in [3.8, 4) is 0 Å². The molecule has 1 fully saturated rings. The molecule has 1 unspecified atom stereocenters. The van der Waals surface area contributed by atoms with Gasteiger partial charge in [-0.1, -0.05) is 27.2 Å². The third-order valence-electron chi connectivity index (χ3n) is 2.27. The van der Waals surface area contributed by atoms with Crippen molar-refractivity contribution in [2.75, 3.05) is 26.7 Å². The summed E-state index contributed by atoms with van der Waals surface area (Å²) in [4.78, 5) is 2.46. The van der Waals surface area contributed by atoms with E-state index in [0.29, 0.717) is 0 Å². The van der Waals surface area contributed by atoms with E-state index in [-0.39, 0.29) is 0 Å². The lowest BCUT2D eigenvalue weighted by molar-refractivity contribution is 0.189. The maximum Gasteiger partial charge on any atom is 0.0218 e. The topological polar surface area (TPSA) is 15.3 Å². The number of likely N-dealkylation sites (N-methyl/N-ethyl adjacent to an activating group) is 1. The molecule has 0 aromatic carbocycles. The van der Waals surface area contributed by atoms with E-state index in [1.807, 2.05) is 13.8 Å². The van der Waals surface area contributed by atoms with Crippen LogP contribution in [0.3, 0.4) is 0 Å². The van der Waals surface area contributed by atoms with Gasteiger partial charge in [0.15, 0.2) is 0 Å². The smallest absolute Gasteiger partial charge is 0.0218 e. The zero-order valence-corrected chi connectivity index (χ0v) is 9.06. The van der Waals surface area contributed by atoms with E-state index in [9.17, 15) is 0 Å². The quantitative estimate of drug-likeness (QED) is 0.682. The van der Waals surface area contributed by atoms with Crippen molar-refractivity contribution in [1.82, 2.24) is 10.2 Å². The Morgan fingerprint density at radius 2 is 2.08 bits per heavy atom. The standard InChI is InChI=1S/C8H18N2.C2H6/c1-3-4-8-7-9-5-6-10(8)2;1-2/h8-9H,3-7H2,1-2H3;1-2H3. The molecule has 0 saturated carbocycles. The molecule has 0 aromatic heterocycles. The summed E-state index contributed by atoms with van der Waals surface area (Å²) < 4.78 is 0. The Labute approximate surface area is 77.3 Å². The van der Waals surface area contributed by atoms with E-state index in [0.717, 1.165) is 12.6 Å². The Morgan fingerprint density at radius 3 is 2.58 bits per heavy atom. The molecule has 1 atom stereocenters. The second-order valence-electron chi connectivity index (χ2n) is 3.13. The zero-order valence-electron chi connectivity index (χ0n) is 9.06. The molecule has 0 radical (unpaired) electrons. The van der Waals surface area contributed by atoms with Crippen LogP contribution in [-0.4, -0.2) is 37.6 Å². The van der Waals surface area contributed by atoms with E-state index >= 15 is 0 Å². The fourth-order valence-electron chi connectivity index (χ4n) is 1.52. The van der Waals surface area contributed by atoms with Crippen LogP contribution in [0, 0.1) is 0 Å². The van der Waals surface area contributed by atoms with Gasteiger partial charge >= 0.3 is 0 Å². The molecule has 12 heavy (non-hydrogen) atoms. The minimum Gasteiger partial charge on any atom is -0.314 e. The summed E-state index contributed by atoms with van der Waals surface area (Å²) in [5.74, 6) is 0. The average molecular weight is 172 g/mol. The van der Waals surface area contributed by atoms with Crippen LogP contribution in [0.1, 0.15) is 33.6 Å². The van der Waals surface area contributed by atoms with E-state index in [1.54, 1.807) is 0 Å². The molecule has 1 aliphatic heterocycles. The molecular weight excluding hydrogens is 148 g/mol. The first-order valence-electron chi connectivity index (χ1n) is 5.25. The van der Waals surface area contributed by atoms with Gasteiger partial charge in [0.2, 0.25) is 0 Å². The summed E-state index contributed by atoms with van der Waals surface area (Å²) in [5, 5.41) is 3.41. The van der Waals surface area contributed by atoms with Crippen molar-refractivity contribution >= 4 is 0 Å². The normalized spacial score (nSPS) is 24.5. The highest BCUT2D eigenvalue weighted by Crippen LogP contribution is 2.05. The van der Waals surface area contributed by atoms with Crippen molar-refractivity contribution in [2.24, 2.45) is 0 Å². The fourth-order valence-corrected chi connectivity index (χ4v) is 1.52. The van der Waals surface area contributed by atoms with Crippen LogP contribution in [-0.2, 0) is 0 Å². The van der Waals surface area contributed by atoms with Crippen molar-refractivity contribution < 1.29 is 0 Å². The molecule has 1 rings (SSSR count). The summed E-state index contributed by atoms with van der Waals surface area (Å²) in [6.07, 6.45) is 2.64. The summed E-state index contributed by atoms with van der Waals surface area (Å²) in [5.41, 5.74) is 0. The Morgan fingerprint density at radius 1 is 1.42 bits per heavy atom. The lowest BCUT2D eigenvalue weighted by atomic mass is 10.1. The second-order valence-corrected chi connectivity index (χ2v) is 3.13. The molecular formula is C10H24N2. The molecule has 0 amide bonds. The molecule has 0 spiro atoms. The van der Waals surface area contributed by atoms with Crippen LogP contribution in [0.2, 0.25) is 0 Å². The van der Waals surface area contributed by atoms with E-state index in [1.165, 1.54) is 25.9 Å². The van der Waals surface area contributed by atoms with Crippen LogP contribution < -0.4 is 5.32 Å². The molecule has 1 saturated heterocycles. The van der Waals surface area contributed by atoms with E-state index in [4.69, 9.17) is 0 Å². The predicted octanol–water partition coefficient (Wildman–Crippen LogP) is 1.72. The summed E-state index contributed by atoms with van der Waals surface area (Å²) in [7, 11) is 2.22. The Kier molecular flexibility index (Phi) is 7.51. The highest BCUT2D eigenvalue weighted by Gasteiger charge is 2.16. The van der Waals surface area contributed by atoms with Gasteiger partial charge in [0.1, 0.15) is 0 Å². The SMILES string of the molecule is CC.CCCC1CNCCN1C. The lowest BCUT2D eigenvalue weighted by Crippen LogP contribution is -2.49. The lowest BCUT2D eigenvalue weighted by Gasteiger charge is -2.32. The van der Waals surface area contributed by atoms with Gasteiger partial charge in [0.05, 0.1) is 0 Å². The van der Waals surface area contributed by atoms with Crippen molar-refractivity contribution in [3.63, 3.8) is 0 Å². The average Bonchev–Trinajstić information content (AvgIpc) is 2.13. The molecule has 1 heterocycles. The second kappa shape index (κ2) is 7.56. The van der Waals surface area contributed by atoms with Crippen LogP contribution in [0.4, 0.5) is 0 Å². The monoisotopic (exact) mass is 172 g/mol. The maximum atomic E-state index is 3.41. The molecule has 0 aromatic rings. The minimum atomic E-state index is 0.791. The first-order valence-corrected chi connectivity index (χ1v) is 5.25. The zero-order chi connectivity index (χ0) is 9.40. The summed E-state index contributed by atoms with van der Waals surface area (Å²) in [6.45, 7) is 9.81. The highest BCUT2D eigenvalue weighted by molar-refractivity contribution is 4.76. The van der Waals surface area contributed by atoms with Gasteiger partial charge in [0.25, 0.3) is 0 Å². The van der Waals surface area contributed by atoms with Crippen LogP contribution in [0.15, 0.2) is 0 Å². The largest absolute Gasteiger partial charge is 0.314 e. The molecule has 0 aliphatic carbocycles. The first kappa shape index (κ1) is 11.9. The van der Waals surface area contributed by atoms with Gasteiger partial charge in [0, 0.05) is 25.7 Å². The molecule has 1 aliphatic rings. The van der Waals surface area contributed by atoms with Gasteiger partial charge in [-0.05, 0) is 13.5 Å². The number of hydrogen-bond acceptors (Lipinski definition) is 2. The van der Waals surface area contributed by atoms with Gasteiger partial charge in [-0.3, -0.25) is 0 Å². The molecule has 0 bridgehead atoms. The van der Waals surface area contributed by atoms with Gasteiger partial charge < -0.3 is 10.2 Å². The van der Waals surface area contributed by atoms with Gasteiger partial charge in [-0.25, -0.2) is 0 Å². The van der Waals surface area contributed by atoms with Gasteiger partial charge in [-0.2, -0.15) is 0 Å². The van der Waals surface area contributed by atoms with Crippen molar-refractivity contribution in [1.29, 1.82) is 0 Å². The number of hydrogen-bond donors (Lipinski definition) is 1. The third kappa shape index (κ3) is 4.07. The Bertz CT molecular complexity index is 91.8. The summed E-state index contributed by atoms with van der Waals surface area (Å²) in [6, 6.07) is 0.791. The molecule has 2 nitrogen and oxygen atoms in total. The van der Waals surface area contributed by atoms with E-state index in [2.05, 4.69) is 24.2 Å². The molecule has 2 heteroatoms.